The van der Waals surface area contributed by atoms with Crippen molar-refractivity contribution in [3.63, 3.8) is 0 Å². The normalized spacial score (nSPS) is 16.1. The van der Waals surface area contributed by atoms with Gasteiger partial charge in [0.05, 0.1) is 11.8 Å². The Morgan fingerprint density at radius 3 is 2.64 bits per heavy atom. The molecule has 0 spiro atoms. The van der Waals surface area contributed by atoms with Crippen molar-refractivity contribution in [3.8, 4) is 11.3 Å². The van der Waals surface area contributed by atoms with Crippen molar-refractivity contribution in [3.05, 3.63) is 66.2 Å². The molecule has 5 nitrogen and oxygen atoms in total. The average molecular weight is 374 g/mol. The third kappa shape index (κ3) is 4.49. The molecule has 1 unspecified atom stereocenters. The van der Waals surface area contributed by atoms with E-state index < -0.39 is 0 Å². The Balaban J connectivity index is 1.63. The fourth-order valence-corrected chi connectivity index (χ4v) is 3.45. The molecule has 28 heavy (non-hydrogen) atoms. The summed E-state index contributed by atoms with van der Waals surface area (Å²) in [5, 5.41) is 6.84. The lowest BCUT2D eigenvalue weighted by molar-refractivity contribution is 0.120. The number of nitrogens with one attached hydrogen (secondary N) is 2. The second-order valence-corrected chi connectivity index (χ2v) is 6.98. The van der Waals surface area contributed by atoms with E-state index in [0.29, 0.717) is 5.95 Å². The van der Waals surface area contributed by atoms with Crippen LogP contribution in [0.2, 0.25) is 0 Å². The van der Waals surface area contributed by atoms with Gasteiger partial charge in [0.25, 0.3) is 0 Å². The van der Waals surface area contributed by atoms with E-state index in [1.807, 2.05) is 30.3 Å². The molecule has 1 aliphatic heterocycles. The summed E-state index contributed by atoms with van der Waals surface area (Å²) in [5.41, 5.74) is 4.24. The Morgan fingerprint density at radius 1 is 1.04 bits per heavy atom. The highest BCUT2D eigenvalue weighted by Gasteiger charge is 2.16. The maximum atomic E-state index is 5.72. The first-order valence-electron chi connectivity index (χ1n) is 9.96. The molecule has 2 heterocycles. The van der Waals surface area contributed by atoms with Crippen LogP contribution in [0.1, 0.15) is 25.3 Å². The fourth-order valence-electron chi connectivity index (χ4n) is 3.45. The summed E-state index contributed by atoms with van der Waals surface area (Å²) in [7, 11) is 0. The van der Waals surface area contributed by atoms with Gasteiger partial charge in [0.2, 0.25) is 5.95 Å². The smallest absolute Gasteiger partial charge is 0.229 e. The van der Waals surface area contributed by atoms with Crippen LogP contribution in [0.4, 0.5) is 17.5 Å². The molecule has 1 aromatic heterocycles. The van der Waals surface area contributed by atoms with Crippen LogP contribution in [-0.4, -0.2) is 29.2 Å². The topological polar surface area (TPSA) is 59.1 Å². The molecule has 1 fully saturated rings. The van der Waals surface area contributed by atoms with Gasteiger partial charge in [-0.3, -0.25) is 0 Å². The fraction of sp³-hybridized carbons (Fsp3) is 0.304. The predicted molar refractivity (Wildman–Crippen MR) is 114 cm³/mol. The molecule has 0 amide bonds. The average Bonchev–Trinajstić information content (AvgIpc) is 3.27. The summed E-state index contributed by atoms with van der Waals surface area (Å²) in [5.74, 6) is 1.40. The van der Waals surface area contributed by atoms with E-state index in [2.05, 4.69) is 47.9 Å². The third-order valence-corrected chi connectivity index (χ3v) is 4.98. The molecule has 5 heteroatoms. The zero-order valence-electron chi connectivity index (χ0n) is 16.2. The van der Waals surface area contributed by atoms with Gasteiger partial charge in [-0.15, -0.1) is 0 Å². The molecule has 0 saturated carbocycles. The minimum absolute atomic E-state index is 0.257. The Morgan fingerprint density at radius 2 is 1.86 bits per heavy atom. The van der Waals surface area contributed by atoms with Crippen LogP contribution in [0, 0.1) is 0 Å². The van der Waals surface area contributed by atoms with Gasteiger partial charge in [-0.05, 0) is 30.9 Å². The van der Waals surface area contributed by atoms with Crippen LogP contribution in [0.5, 0.6) is 0 Å². The molecule has 3 aromatic rings. The molecule has 0 bridgehead atoms. The number of hydrogen-bond acceptors (Lipinski definition) is 5. The number of para-hydroxylation sites is 1. The van der Waals surface area contributed by atoms with E-state index >= 15 is 0 Å². The maximum absolute atomic E-state index is 5.72. The van der Waals surface area contributed by atoms with Crippen LogP contribution in [0.3, 0.4) is 0 Å². The van der Waals surface area contributed by atoms with Crippen molar-refractivity contribution >= 4 is 17.5 Å². The van der Waals surface area contributed by atoms with Gasteiger partial charge in [0.1, 0.15) is 5.82 Å². The van der Waals surface area contributed by atoms with Crippen molar-refractivity contribution in [1.29, 1.82) is 0 Å². The minimum atomic E-state index is 0.257. The molecule has 0 radical (unpaired) electrons. The molecule has 2 N–H and O–H groups in total. The quantitative estimate of drug-likeness (QED) is 0.607. The minimum Gasteiger partial charge on any atom is -0.376 e. The van der Waals surface area contributed by atoms with Gasteiger partial charge in [-0.1, -0.05) is 55.5 Å². The molecule has 4 rings (SSSR count). The summed E-state index contributed by atoms with van der Waals surface area (Å²) >= 11 is 0. The van der Waals surface area contributed by atoms with Crippen LogP contribution in [0.25, 0.3) is 11.3 Å². The molecule has 2 aromatic carbocycles. The molecule has 1 saturated heterocycles. The van der Waals surface area contributed by atoms with Gasteiger partial charge in [0, 0.05) is 30.5 Å². The first kappa shape index (κ1) is 18.4. The van der Waals surface area contributed by atoms with Crippen LogP contribution in [-0.2, 0) is 11.2 Å². The van der Waals surface area contributed by atoms with Gasteiger partial charge in [0.15, 0.2) is 0 Å². The molecule has 1 aliphatic rings. The second kappa shape index (κ2) is 8.85. The number of ether oxygens (including phenoxy) is 1. The van der Waals surface area contributed by atoms with Crippen LogP contribution >= 0.6 is 0 Å². The Hall–Kier alpha value is -2.92. The predicted octanol–water partition coefficient (Wildman–Crippen LogP) is 5.04. The SMILES string of the molecule is CCc1ccccc1Nc1nc(NCC2CCCO2)cc(-c2ccccc2)n1. The summed E-state index contributed by atoms with van der Waals surface area (Å²) in [4.78, 5) is 9.46. The summed E-state index contributed by atoms with van der Waals surface area (Å²) in [6.45, 7) is 3.76. The van der Waals surface area contributed by atoms with Crippen molar-refractivity contribution in [1.82, 2.24) is 9.97 Å². The molecular formula is C23H26N4O. The Bertz CT molecular complexity index is 907. The first-order chi connectivity index (χ1) is 13.8. The lowest BCUT2D eigenvalue weighted by atomic mass is 10.1. The monoisotopic (exact) mass is 374 g/mol. The van der Waals surface area contributed by atoms with Crippen molar-refractivity contribution in [2.75, 3.05) is 23.8 Å². The van der Waals surface area contributed by atoms with E-state index in [-0.39, 0.29) is 6.10 Å². The number of anilines is 3. The molecule has 1 atom stereocenters. The number of rotatable bonds is 7. The summed E-state index contributed by atoms with van der Waals surface area (Å²) < 4.78 is 5.72. The lowest BCUT2D eigenvalue weighted by Crippen LogP contribution is -2.19. The first-order valence-corrected chi connectivity index (χ1v) is 9.96. The van der Waals surface area contributed by atoms with E-state index in [1.54, 1.807) is 0 Å². The zero-order chi connectivity index (χ0) is 19.2. The maximum Gasteiger partial charge on any atom is 0.229 e. The van der Waals surface area contributed by atoms with Gasteiger partial charge in [-0.25, -0.2) is 4.98 Å². The number of benzene rings is 2. The third-order valence-electron chi connectivity index (χ3n) is 4.98. The highest BCUT2D eigenvalue weighted by molar-refractivity contribution is 5.67. The van der Waals surface area contributed by atoms with Crippen molar-refractivity contribution in [2.45, 2.75) is 32.3 Å². The molecule has 0 aliphatic carbocycles. The molecular weight excluding hydrogens is 348 g/mol. The van der Waals surface area contributed by atoms with Gasteiger partial charge in [-0.2, -0.15) is 4.98 Å². The van der Waals surface area contributed by atoms with E-state index in [1.165, 1.54) is 5.56 Å². The van der Waals surface area contributed by atoms with Crippen LogP contribution < -0.4 is 10.6 Å². The zero-order valence-corrected chi connectivity index (χ0v) is 16.2. The lowest BCUT2D eigenvalue weighted by Gasteiger charge is -2.15. The standard InChI is InChI=1S/C23H26N4O/c1-2-17-9-6-7-13-20(17)25-23-26-21(18-10-4-3-5-11-18)15-22(27-23)24-16-19-12-8-14-28-19/h3-7,9-11,13,15,19H,2,8,12,14,16H2,1H3,(H2,24,25,26,27). The number of aromatic nitrogens is 2. The molecule has 144 valence electrons. The summed E-state index contributed by atoms with van der Waals surface area (Å²) in [6, 6.07) is 20.5. The Kier molecular flexibility index (Phi) is 5.83. The number of hydrogen-bond donors (Lipinski definition) is 2. The number of nitrogens with zero attached hydrogens (tertiary/aromatic N) is 2. The Labute approximate surface area is 166 Å². The highest BCUT2D eigenvalue weighted by atomic mass is 16.5. The van der Waals surface area contributed by atoms with Gasteiger partial charge < -0.3 is 15.4 Å². The van der Waals surface area contributed by atoms with Crippen molar-refractivity contribution in [2.24, 2.45) is 0 Å². The second-order valence-electron chi connectivity index (χ2n) is 6.98. The largest absolute Gasteiger partial charge is 0.376 e. The van der Waals surface area contributed by atoms with E-state index in [0.717, 1.165) is 55.2 Å². The van der Waals surface area contributed by atoms with E-state index in [9.17, 15) is 0 Å². The number of aryl methyl sites for hydroxylation is 1. The van der Waals surface area contributed by atoms with Crippen molar-refractivity contribution < 1.29 is 4.74 Å². The summed E-state index contributed by atoms with van der Waals surface area (Å²) in [6.07, 6.45) is 3.43. The van der Waals surface area contributed by atoms with E-state index in [4.69, 9.17) is 14.7 Å². The highest BCUT2D eigenvalue weighted by Crippen LogP contribution is 2.25. The van der Waals surface area contributed by atoms with Gasteiger partial charge >= 0.3 is 0 Å². The van der Waals surface area contributed by atoms with Crippen LogP contribution in [0.15, 0.2) is 60.7 Å².